The number of rotatable bonds is 4. The number of carbonyl (C=O) groups excluding carboxylic acids is 2. The molecule has 8 nitrogen and oxygen atoms in total. The molecule has 170 valence electrons. The van der Waals surface area contributed by atoms with Crippen LogP contribution in [0.2, 0.25) is 0 Å². The van der Waals surface area contributed by atoms with Gasteiger partial charge in [-0.2, -0.15) is 0 Å². The first-order valence-electron chi connectivity index (χ1n) is 10.5. The van der Waals surface area contributed by atoms with Gasteiger partial charge in [0.15, 0.2) is 17.8 Å². The van der Waals surface area contributed by atoms with Crippen molar-refractivity contribution in [3.8, 4) is 5.75 Å². The van der Waals surface area contributed by atoms with E-state index < -0.39 is 41.0 Å². The van der Waals surface area contributed by atoms with E-state index in [9.17, 15) is 14.4 Å². The molecule has 0 spiro atoms. The quantitative estimate of drug-likeness (QED) is 0.306. The van der Waals surface area contributed by atoms with E-state index in [0.717, 1.165) is 0 Å². The highest BCUT2D eigenvalue weighted by Gasteiger charge is 2.59. The molecule has 32 heavy (non-hydrogen) atoms. The maximum atomic E-state index is 13.0. The largest absolute Gasteiger partial charge is 0.483 e. The van der Waals surface area contributed by atoms with Gasteiger partial charge in [0, 0.05) is 28.7 Å². The molecule has 2 aliphatic heterocycles. The number of fused-ring (bicyclic) bond motifs is 2. The third-order valence-corrected chi connectivity index (χ3v) is 6.16. The lowest BCUT2D eigenvalue weighted by atomic mass is 9.87. The lowest BCUT2D eigenvalue weighted by molar-refractivity contribution is -0.190. The second kappa shape index (κ2) is 7.48. The monoisotopic (exact) mass is 442 g/mol. The van der Waals surface area contributed by atoms with Crippen LogP contribution >= 0.6 is 0 Å². The molecule has 3 heterocycles. The number of benzene rings is 1. The Morgan fingerprint density at radius 1 is 1.12 bits per heavy atom. The van der Waals surface area contributed by atoms with Crippen LogP contribution < -0.4 is 10.4 Å². The molecule has 1 saturated heterocycles. The van der Waals surface area contributed by atoms with Gasteiger partial charge in [0.25, 0.3) is 0 Å². The smallest absolute Gasteiger partial charge is 0.341 e. The van der Waals surface area contributed by atoms with Crippen LogP contribution in [0.5, 0.6) is 5.75 Å². The van der Waals surface area contributed by atoms with Gasteiger partial charge in [-0.15, -0.1) is 0 Å². The summed E-state index contributed by atoms with van der Waals surface area (Å²) >= 11 is 0. The van der Waals surface area contributed by atoms with Crippen molar-refractivity contribution in [3.05, 3.63) is 51.9 Å². The molecule has 0 aliphatic carbocycles. The molecule has 4 atom stereocenters. The van der Waals surface area contributed by atoms with E-state index in [1.54, 1.807) is 65.8 Å². The van der Waals surface area contributed by atoms with Gasteiger partial charge in [-0.05, 0) is 53.7 Å². The van der Waals surface area contributed by atoms with Crippen LogP contribution in [-0.2, 0) is 23.8 Å². The number of hydrogen-bond acceptors (Lipinski definition) is 8. The molecule has 4 unspecified atom stereocenters. The van der Waals surface area contributed by atoms with Gasteiger partial charge in [-0.1, -0.05) is 6.08 Å². The first kappa shape index (κ1) is 22.1. The number of carbonyl (C=O) groups is 2. The standard InChI is InChI=1S/C24H26O8/c1-7-12(2)21(26)30-20-19(29-22(27)24(6)13(3)31-24)15-10-14-8-9-18(25)28-16(14)11-17(15)32-23(20,4)5/h7-11,13,19-20H,1-6H3/b12-7+. The molecule has 0 amide bonds. The van der Waals surface area contributed by atoms with Crippen LogP contribution in [0.25, 0.3) is 11.0 Å². The molecule has 0 bridgehead atoms. The highest BCUT2D eigenvalue weighted by molar-refractivity contribution is 5.88. The highest BCUT2D eigenvalue weighted by atomic mass is 16.7. The third-order valence-electron chi connectivity index (χ3n) is 6.16. The van der Waals surface area contributed by atoms with Crippen molar-refractivity contribution >= 4 is 22.9 Å². The topological polar surface area (TPSA) is 105 Å². The van der Waals surface area contributed by atoms with Crippen LogP contribution in [0.1, 0.15) is 53.2 Å². The molecule has 0 N–H and O–H groups in total. The fraction of sp³-hybridized carbons (Fsp3) is 0.458. The van der Waals surface area contributed by atoms with Crippen LogP contribution in [0, 0.1) is 0 Å². The molecular weight excluding hydrogens is 416 g/mol. The summed E-state index contributed by atoms with van der Waals surface area (Å²) in [6.07, 6.45) is -0.532. The molecule has 1 aromatic carbocycles. The van der Waals surface area contributed by atoms with E-state index in [1.165, 1.54) is 6.07 Å². The second-order valence-electron chi connectivity index (χ2n) is 8.88. The van der Waals surface area contributed by atoms with Crippen molar-refractivity contribution in [2.75, 3.05) is 0 Å². The molecule has 2 aliphatic rings. The summed E-state index contributed by atoms with van der Waals surface area (Å²) in [5.74, 6) is -0.713. The number of esters is 2. The van der Waals surface area contributed by atoms with E-state index in [2.05, 4.69) is 0 Å². The molecule has 2 aromatic rings. The Labute approximate surface area is 185 Å². The third kappa shape index (κ3) is 3.68. The van der Waals surface area contributed by atoms with Crippen molar-refractivity contribution in [2.45, 2.75) is 71.1 Å². The number of allylic oxidation sites excluding steroid dienone is 1. The SMILES string of the molecule is C/C=C(\C)C(=O)OC1C(OC(=O)C2(C)OC2C)c2cc3ccc(=O)oc3cc2OC1(C)C. The van der Waals surface area contributed by atoms with Gasteiger partial charge in [-0.25, -0.2) is 14.4 Å². The van der Waals surface area contributed by atoms with Crippen molar-refractivity contribution in [1.82, 2.24) is 0 Å². The Hall–Kier alpha value is -3.13. The van der Waals surface area contributed by atoms with Crippen LogP contribution in [0.4, 0.5) is 0 Å². The number of hydrogen-bond donors (Lipinski definition) is 0. The lowest BCUT2D eigenvalue weighted by Crippen LogP contribution is -2.52. The van der Waals surface area contributed by atoms with E-state index >= 15 is 0 Å². The van der Waals surface area contributed by atoms with E-state index in [1.807, 2.05) is 0 Å². The van der Waals surface area contributed by atoms with Crippen LogP contribution in [0.3, 0.4) is 0 Å². The second-order valence-corrected chi connectivity index (χ2v) is 8.88. The molecule has 1 aromatic heterocycles. The summed E-state index contributed by atoms with van der Waals surface area (Å²) < 4.78 is 28.6. The van der Waals surface area contributed by atoms with Crippen molar-refractivity contribution in [1.29, 1.82) is 0 Å². The fourth-order valence-electron chi connectivity index (χ4n) is 3.73. The fourth-order valence-corrected chi connectivity index (χ4v) is 3.73. The van der Waals surface area contributed by atoms with Crippen molar-refractivity contribution < 1.29 is 33.0 Å². The maximum absolute atomic E-state index is 13.0. The summed E-state index contributed by atoms with van der Waals surface area (Å²) in [7, 11) is 0. The van der Waals surface area contributed by atoms with E-state index in [4.69, 9.17) is 23.4 Å². The number of epoxide rings is 1. The summed E-state index contributed by atoms with van der Waals surface area (Å²) in [5, 5.41) is 0.615. The van der Waals surface area contributed by atoms with Crippen LogP contribution in [0.15, 0.2) is 45.1 Å². The van der Waals surface area contributed by atoms with Crippen molar-refractivity contribution in [3.63, 3.8) is 0 Å². The molecule has 4 rings (SSSR count). The zero-order valence-corrected chi connectivity index (χ0v) is 18.9. The minimum atomic E-state index is -1.06. The van der Waals surface area contributed by atoms with Gasteiger partial charge >= 0.3 is 17.6 Å². The minimum absolute atomic E-state index is 0.278. The lowest BCUT2D eigenvalue weighted by Gasteiger charge is -2.43. The maximum Gasteiger partial charge on any atom is 0.341 e. The number of ether oxygens (including phenoxy) is 4. The molecule has 1 fully saturated rings. The van der Waals surface area contributed by atoms with Crippen molar-refractivity contribution in [2.24, 2.45) is 0 Å². The first-order chi connectivity index (χ1) is 15.0. The van der Waals surface area contributed by atoms with E-state index in [-0.39, 0.29) is 6.10 Å². The Bertz CT molecular complexity index is 1190. The Morgan fingerprint density at radius 2 is 1.81 bits per heavy atom. The Kier molecular flexibility index (Phi) is 5.16. The summed E-state index contributed by atoms with van der Waals surface area (Å²) in [6, 6.07) is 6.21. The van der Waals surface area contributed by atoms with Crippen LogP contribution in [-0.4, -0.2) is 35.3 Å². The zero-order chi connectivity index (χ0) is 23.4. The first-order valence-corrected chi connectivity index (χ1v) is 10.5. The van der Waals surface area contributed by atoms with Gasteiger partial charge in [0.1, 0.15) is 16.9 Å². The molecule has 0 radical (unpaired) electrons. The normalized spacial score (nSPS) is 28.4. The molecular formula is C24H26O8. The van der Waals surface area contributed by atoms with Gasteiger partial charge in [-0.3, -0.25) is 0 Å². The summed E-state index contributed by atoms with van der Waals surface area (Å²) in [4.78, 5) is 37.2. The Balaban J connectivity index is 1.82. The summed E-state index contributed by atoms with van der Waals surface area (Å²) in [5.41, 5.74) is -1.34. The minimum Gasteiger partial charge on any atom is -0.483 e. The Morgan fingerprint density at radius 3 is 2.44 bits per heavy atom. The van der Waals surface area contributed by atoms with Gasteiger partial charge < -0.3 is 23.4 Å². The predicted octanol–water partition coefficient (Wildman–Crippen LogP) is 3.60. The highest BCUT2D eigenvalue weighted by Crippen LogP contribution is 2.47. The zero-order valence-electron chi connectivity index (χ0n) is 18.9. The molecule has 8 heteroatoms. The average molecular weight is 442 g/mol. The molecule has 0 saturated carbocycles. The van der Waals surface area contributed by atoms with Gasteiger partial charge in [0.05, 0.1) is 6.10 Å². The predicted molar refractivity (Wildman–Crippen MR) is 114 cm³/mol. The van der Waals surface area contributed by atoms with Gasteiger partial charge in [0.2, 0.25) is 0 Å². The van der Waals surface area contributed by atoms with E-state index in [0.29, 0.717) is 27.9 Å². The summed E-state index contributed by atoms with van der Waals surface area (Å²) in [6.45, 7) is 10.3. The average Bonchev–Trinajstić information content (AvgIpc) is 3.35.